The number of aromatic nitrogens is 2. The van der Waals surface area contributed by atoms with Gasteiger partial charge in [0.25, 0.3) is 0 Å². The number of likely N-dealkylation sites (tertiary alicyclic amines) is 1. The molecule has 3 rings (SSSR count). The van der Waals surface area contributed by atoms with Crippen LogP contribution in [0.1, 0.15) is 30.1 Å². The number of hydrogen-bond donors (Lipinski definition) is 2. The number of phenols is 1. The first-order chi connectivity index (χ1) is 12.4. The lowest BCUT2D eigenvalue weighted by molar-refractivity contribution is -0.131. The summed E-state index contributed by atoms with van der Waals surface area (Å²) in [6, 6.07) is 3.96. The summed E-state index contributed by atoms with van der Waals surface area (Å²) in [5.74, 6) is -0.938. The van der Waals surface area contributed by atoms with Crippen molar-refractivity contribution in [3.05, 3.63) is 47.8 Å². The summed E-state index contributed by atoms with van der Waals surface area (Å²) in [4.78, 5) is 29.8. The van der Waals surface area contributed by atoms with Crippen molar-refractivity contribution in [1.29, 1.82) is 0 Å². The fourth-order valence-corrected chi connectivity index (χ4v) is 3.34. The van der Waals surface area contributed by atoms with Crippen LogP contribution in [0.25, 0.3) is 0 Å². The maximum Gasteiger partial charge on any atom is 0.237 e. The Morgan fingerprint density at radius 2 is 2.19 bits per heavy atom. The van der Waals surface area contributed by atoms with Gasteiger partial charge in [0, 0.05) is 31.4 Å². The van der Waals surface area contributed by atoms with Gasteiger partial charge in [0.1, 0.15) is 12.4 Å². The van der Waals surface area contributed by atoms with E-state index in [1.165, 1.54) is 18.2 Å². The molecule has 26 heavy (non-hydrogen) atoms. The van der Waals surface area contributed by atoms with Crippen molar-refractivity contribution in [2.24, 2.45) is 5.73 Å². The van der Waals surface area contributed by atoms with E-state index in [0.717, 1.165) is 18.7 Å². The first-order valence-corrected chi connectivity index (χ1v) is 8.48. The Bertz CT molecular complexity index is 821. The highest BCUT2D eigenvalue weighted by Gasteiger charge is 2.27. The highest BCUT2D eigenvalue weighted by atomic mass is 19.1. The van der Waals surface area contributed by atoms with Crippen LogP contribution in [0.5, 0.6) is 5.75 Å². The maximum absolute atomic E-state index is 13.4. The number of benzene rings is 1. The first kappa shape index (κ1) is 17.9. The molecule has 0 saturated carbocycles. The minimum absolute atomic E-state index is 0.0265. The third-order valence-electron chi connectivity index (χ3n) is 4.58. The summed E-state index contributed by atoms with van der Waals surface area (Å²) in [7, 11) is 0. The van der Waals surface area contributed by atoms with Gasteiger partial charge < -0.3 is 20.3 Å². The number of aromatic hydroxyl groups is 1. The second-order valence-electron chi connectivity index (χ2n) is 6.52. The minimum atomic E-state index is -0.736. The van der Waals surface area contributed by atoms with E-state index >= 15 is 0 Å². The number of carbonyl (C=O) groups excluding carboxylic acids is 2. The molecule has 8 heteroatoms. The van der Waals surface area contributed by atoms with Crippen molar-refractivity contribution in [3.63, 3.8) is 0 Å². The molecular formula is C18H21FN4O3. The highest BCUT2D eigenvalue weighted by molar-refractivity contribution is 5.79. The van der Waals surface area contributed by atoms with E-state index in [9.17, 15) is 19.1 Å². The van der Waals surface area contributed by atoms with Gasteiger partial charge in [0.15, 0.2) is 11.6 Å². The van der Waals surface area contributed by atoms with E-state index < -0.39 is 17.5 Å². The molecular weight excluding hydrogens is 339 g/mol. The van der Waals surface area contributed by atoms with Crippen LogP contribution in [0.4, 0.5) is 4.39 Å². The number of nitrogens with zero attached hydrogens (tertiary/aromatic N) is 3. The molecule has 2 amide bonds. The molecule has 1 aromatic heterocycles. The summed E-state index contributed by atoms with van der Waals surface area (Å²) in [5, 5.41) is 9.24. The Hall–Kier alpha value is -2.90. The number of primary amides is 1. The maximum atomic E-state index is 13.4. The fraction of sp³-hybridized carbons (Fsp3) is 0.389. The van der Waals surface area contributed by atoms with E-state index in [4.69, 9.17) is 5.73 Å². The van der Waals surface area contributed by atoms with Crippen LogP contribution in [0.2, 0.25) is 0 Å². The molecule has 1 aromatic carbocycles. The zero-order chi connectivity index (χ0) is 18.7. The van der Waals surface area contributed by atoms with Gasteiger partial charge in [0.05, 0.1) is 6.42 Å². The van der Waals surface area contributed by atoms with Crippen molar-refractivity contribution in [3.8, 4) is 5.75 Å². The third kappa shape index (κ3) is 4.01. The molecule has 2 aromatic rings. The van der Waals surface area contributed by atoms with Gasteiger partial charge in [-0.15, -0.1) is 0 Å². The smallest absolute Gasteiger partial charge is 0.237 e. The quantitative estimate of drug-likeness (QED) is 0.835. The van der Waals surface area contributed by atoms with E-state index in [1.54, 1.807) is 21.9 Å². The normalized spacial score (nSPS) is 17.3. The lowest BCUT2D eigenvalue weighted by Gasteiger charge is -2.32. The van der Waals surface area contributed by atoms with Crippen molar-refractivity contribution >= 4 is 11.8 Å². The third-order valence-corrected chi connectivity index (χ3v) is 4.58. The van der Waals surface area contributed by atoms with E-state index in [1.807, 2.05) is 0 Å². The molecule has 1 aliphatic heterocycles. The Labute approximate surface area is 150 Å². The molecule has 0 unspecified atom stereocenters. The van der Waals surface area contributed by atoms with Crippen molar-refractivity contribution in [1.82, 2.24) is 14.5 Å². The summed E-state index contributed by atoms with van der Waals surface area (Å²) in [6.07, 6.45) is 5.09. The summed E-state index contributed by atoms with van der Waals surface area (Å²) in [6.45, 7) is 1.19. The number of rotatable bonds is 5. The van der Waals surface area contributed by atoms with Crippen molar-refractivity contribution in [2.45, 2.75) is 31.7 Å². The molecule has 138 valence electrons. The summed E-state index contributed by atoms with van der Waals surface area (Å²) < 4.78 is 15.2. The number of imidazole rings is 1. The molecule has 1 aliphatic rings. The molecule has 7 nitrogen and oxygen atoms in total. The van der Waals surface area contributed by atoms with Crippen molar-refractivity contribution < 1.29 is 19.1 Å². The first-order valence-electron chi connectivity index (χ1n) is 8.48. The average molecular weight is 360 g/mol. The van der Waals surface area contributed by atoms with Crippen LogP contribution >= 0.6 is 0 Å². The monoisotopic (exact) mass is 360 g/mol. The fourth-order valence-electron chi connectivity index (χ4n) is 3.34. The molecule has 0 radical (unpaired) electrons. The predicted octanol–water partition coefficient (Wildman–Crippen LogP) is 1.16. The molecule has 1 fully saturated rings. The Morgan fingerprint density at radius 3 is 2.92 bits per heavy atom. The molecule has 2 heterocycles. The van der Waals surface area contributed by atoms with E-state index in [2.05, 4.69) is 4.98 Å². The Balaban J connectivity index is 1.68. The topological polar surface area (TPSA) is 101 Å². The van der Waals surface area contributed by atoms with Crippen LogP contribution in [0, 0.1) is 5.82 Å². The van der Waals surface area contributed by atoms with Gasteiger partial charge in [-0.25, -0.2) is 9.37 Å². The number of phenolic OH excluding ortho intramolecular Hbond substituents is 1. The molecule has 0 bridgehead atoms. The lowest BCUT2D eigenvalue weighted by atomic mass is 9.96. The lowest BCUT2D eigenvalue weighted by Crippen LogP contribution is -2.40. The van der Waals surface area contributed by atoms with Gasteiger partial charge in [-0.05, 0) is 30.5 Å². The van der Waals surface area contributed by atoms with Gasteiger partial charge in [-0.2, -0.15) is 0 Å². The molecule has 0 aliphatic carbocycles. The molecule has 1 atom stereocenters. The van der Waals surface area contributed by atoms with Gasteiger partial charge >= 0.3 is 0 Å². The number of halogens is 1. The SMILES string of the molecule is NC(=O)Cn1ccnc1[C@@H]1CCCN(C(=O)Cc2ccc(O)c(F)c2)C1. The number of amides is 2. The zero-order valence-electron chi connectivity index (χ0n) is 14.3. The van der Waals surface area contributed by atoms with Crippen LogP contribution < -0.4 is 5.73 Å². The summed E-state index contributed by atoms with van der Waals surface area (Å²) >= 11 is 0. The molecule has 1 saturated heterocycles. The molecule has 3 N–H and O–H groups in total. The van der Waals surface area contributed by atoms with Crippen LogP contribution in [-0.2, 0) is 22.6 Å². The molecule has 0 spiro atoms. The standard InChI is InChI=1S/C18H21FN4O3/c19-14-8-12(3-4-15(14)24)9-17(26)22-6-1-2-13(10-22)18-21-5-7-23(18)11-16(20)25/h3-5,7-8,13,24H,1-2,6,9-11H2,(H2,20,25)/t13-/m1/s1. The Morgan fingerprint density at radius 1 is 1.38 bits per heavy atom. The number of carbonyl (C=O) groups is 2. The zero-order valence-corrected chi connectivity index (χ0v) is 14.3. The minimum Gasteiger partial charge on any atom is -0.505 e. The van der Waals surface area contributed by atoms with Gasteiger partial charge in [-0.3, -0.25) is 9.59 Å². The number of piperidine rings is 1. The van der Waals surface area contributed by atoms with Gasteiger partial charge in [-0.1, -0.05) is 6.07 Å². The van der Waals surface area contributed by atoms with E-state index in [0.29, 0.717) is 18.7 Å². The van der Waals surface area contributed by atoms with Crippen LogP contribution in [0.15, 0.2) is 30.6 Å². The largest absolute Gasteiger partial charge is 0.505 e. The number of nitrogens with two attached hydrogens (primary N) is 1. The van der Waals surface area contributed by atoms with Gasteiger partial charge in [0.2, 0.25) is 11.8 Å². The second kappa shape index (κ2) is 7.55. The van der Waals surface area contributed by atoms with Crippen molar-refractivity contribution in [2.75, 3.05) is 13.1 Å². The number of hydrogen-bond acceptors (Lipinski definition) is 4. The van der Waals surface area contributed by atoms with Crippen LogP contribution in [0.3, 0.4) is 0 Å². The summed E-state index contributed by atoms with van der Waals surface area (Å²) in [5.41, 5.74) is 5.78. The Kier molecular flexibility index (Phi) is 5.20. The van der Waals surface area contributed by atoms with E-state index in [-0.39, 0.29) is 24.8 Å². The average Bonchev–Trinajstić information content (AvgIpc) is 3.05. The highest BCUT2D eigenvalue weighted by Crippen LogP contribution is 2.26. The second-order valence-corrected chi connectivity index (χ2v) is 6.52. The van der Waals surface area contributed by atoms with Crippen LogP contribution in [-0.4, -0.2) is 44.5 Å². The predicted molar refractivity (Wildman–Crippen MR) is 91.7 cm³/mol.